The zero-order valence-electron chi connectivity index (χ0n) is 24.7. The fourth-order valence-electron chi connectivity index (χ4n) is 6.17. The van der Waals surface area contributed by atoms with E-state index in [0.29, 0.717) is 24.0 Å². The van der Waals surface area contributed by atoms with Gasteiger partial charge in [-0.3, -0.25) is 9.59 Å². The predicted molar refractivity (Wildman–Crippen MR) is 161 cm³/mol. The van der Waals surface area contributed by atoms with Crippen molar-refractivity contribution in [2.75, 3.05) is 13.1 Å². The van der Waals surface area contributed by atoms with Gasteiger partial charge >= 0.3 is 6.03 Å². The summed E-state index contributed by atoms with van der Waals surface area (Å²) in [6.07, 6.45) is 2.21. The molecule has 236 valence electrons. The molecule has 8 nitrogen and oxygen atoms in total. The Hall–Kier alpha value is -4.64. The van der Waals surface area contributed by atoms with E-state index < -0.39 is 41.6 Å². The molecule has 2 aliphatic rings. The van der Waals surface area contributed by atoms with E-state index in [9.17, 15) is 32.7 Å². The molecule has 2 N–H and O–H groups in total. The summed E-state index contributed by atoms with van der Waals surface area (Å²) in [6.45, 7) is 3.94. The van der Waals surface area contributed by atoms with E-state index in [-0.39, 0.29) is 56.3 Å². The van der Waals surface area contributed by atoms with Crippen LogP contribution in [-0.4, -0.2) is 63.0 Å². The number of urea groups is 1. The summed E-state index contributed by atoms with van der Waals surface area (Å²) in [6, 6.07) is 14.2. The third-order valence-corrected chi connectivity index (χ3v) is 8.36. The minimum absolute atomic E-state index is 0.0654. The van der Waals surface area contributed by atoms with Crippen molar-refractivity contribution in [2.45, 2.75) is 50.9 Å². The van der Waals surface area contributed by atoms with Gasteiger partial charge in [0.2, 0.25) is 5.91 Å². The maximum absolute atomic E-state index is 14.3. The number of ketones is 1. The first-order chi connectivity index (χ1) is 21.6. The fourth-order valence-corrected chi connectivity index (χ4v) is 6.17. The van der Waals surface area contributed by atoms with Gasteiger partial charge < -0.3 is 15.3 Å². The fraction of sp³-hybridized carbons (Fsp3) is 0.324. The number of hydrogen-bond acceptors (Lipinski definition) is 5. The van der Waals surface area contributed by atoms with Crippen LogP contribution >= 0.6 is 0 Å². The molecule has 3 amide bonds. The third-order valence-electron chi connectivity index (χ3n) is 8.36. The van der Waals surface area contributed by atoms with Crippen molar-refractivity contribution >= 4 is 17.7 Å². The predicted octanol–water partition coefficient (Wildman–Crippen LogP) is 5.12. The van der Waals surface area contributed by atoms with Gasteiger partial charge in [0.15, 0.2) is 5.78 Å². The summed E-state index contributed by atoms with van der Waals surface area (Å²) in [4.78, 5) is 43.0. The topological polar surface area (TPSA) is 93.2 Å². The van der Waals surface area contributed by atoms with E-state index in [1.165, 1.54) is 46.3 Å². The number of phenolic OH excluding ortho intramolecular Hbond substituents is 1. The van der Waals surface area contributed by atoms with Crippen LogP contribution in [0.15, 0.2) is 79.4 Å². The van der Waals surface area contributed by atoms with Crippen molar-refractivity contribution in [1.29, 1.82) is 0 Å². The number of benzene rings is 3. The number of piperidine rings is 1. The van der Waals surface area contributed by atoms with Gasteiger partial charge in [-0.1, -0.05) is 36.4 Å². The number of aryl methyl sites for hydroxylation is 1. The maximum Gasteiger partial charge on any atom is 0.334 e. The Balaban J connectivity index is 1.42. The molecule has 3 atom stereocenters. The molecule has 11 heteroatoms. The monoisotopic (exact) mass is 620 g/mol. The van der Waals surface area contributed by atoms with Crippen LogP contribution < -0.4 is 5.32 Å². The lowest BCUT2D eigenvalue weighted by atomic mass is 9.81. The Kier molecular flexibility index (Phi) is 9.87. The van der Waals surface area contributed by atoms with E-state index in [2.05, 4.69) is 11.9 Å². The van der Waals surface area contributed by atoms with Crippen LogP contribution in [0.25, 0.3) is 0 Å². The average molecular weight is 621 g/mol. The van der Waals surface area contributed by atoms with Crippen molar-refractivity contribution in [3.63, 3.8) is 0 Å². The SMILES string of the molecule is C=CCN1CC(=O)N2[C@@H](Cc3ccc(O)cc3)C(=O)C(CCCc3ccc(F)cc3F)C[C@@H]2N1C(=O)NCc1ccc(F)cc1. The molecule has 1 unspecified atom stereocenters. The van der Waals surface area contributed by atoms with Gasteiger partial charge in [0.25, 0.3) is 0 Å². The quantitative estimate of drug-likeness (QED) is 0.307. The van der Waals surface area contributed by atoms with Crippen molar-refractivity contribution in [3.8, 4) is 5.75 Å². The number of fused-ring (bicyclic) bond motifs is 1. The smallest absolute Gasteiger partial charge is 0.334 e. The molecule has 45 heavy (non-hydrogen) atoms. The summed E-state index contributed by atoms with van der Waals surface area (Å²) in [5, 5.41) is 15.7. The van der Waals surface area contributed by atoms with Gasteiger partial charge in [-0.15, -0.1) is 6.58 Å². The maximum atomic E-state index is 14.3. The molecule has 2 aliphatic heterocycles. The molecule has 5 rings (SSSR count). The van der Waals surface area contributed by atoms with E-state index >= 15 is 0 Å². The number of phenols is 1. The van der Waals surface area contributed by atoms with Crippen LogP contribution in [0.2, 0.25) is 0 Å². The lowest BCUT2D eigenvalue weighted by molar-refractivity contribution is -0.183. The highest BCUT2D eigenvalue weighted by atomic mass is 19.1. The molecule has 2 fully saturated rings. The van der Waals surface area contributed by atoms with Gasteiger partial charge in [-0.2, -0.15) is 0 Å². The zero-order valence-corrected chi connectivity index (χ0v) is 24.7. The highest BCUT2D eigenvalue weighted by Gasteiger charge is 2.51. The standard InChI is InChI=1S/C34H35F3N4O4/c1-2-16-39-21-32(43)40-30(17-22-8-14-28(42)15-9-22)33(44)25(5-3-4-24-10-13-27(36)19-29(24)37)18-31(40)41(39)34(45)38-20-23-6-11-26(35)12-7-23/h2,6-15,19,25,30-31,42H,1,3-5,16-18,20-21H2,(H,38,45)/t25?,30-,31-/m0/s1. The number of amides is 3. The second-order valence-electron chi connectivity index (χ2n) is 11.4. The number of aromatic hydroxyl groups is 1. The molecular formula is C34H35F3N4O4. The van der Waals surface area contributed by atoms with E-state index in [0.717, 1.165) is 11.6 Å². The number of hydrogen-bond donors (Lipinski definition) is 2. The first kappa shape index (κ1) is 31.8. The summed E-state index contributed by atoms with van der Waals surface area (Å²) in [5.74, 6) is -2.67. The normalized spacial score (nSPS) is 20.2. The van der Waals surface area contributed by atoms with Crippen molar-refractivity contribution in [3.05, 3.63) is 114 Å². The lowest BCUT2D eigenvalue weighted by Crippen LogP contribution is -2.73. The van der Waals surface area contributed by atoms with E-state index in [1.54, 1.807) is 35.4 Å². The summed E-state index contributed by atoms with van der Waals surface area (Å²) < 4.78 is 41.1. The summed E-state index contributed by atoms with van der Waals surface area (Å²) in [7, 11) is 0. The van der Waals surface area contributed by atoms with Crippen LogP contribution in [0.5, 0.6) is 5.75 Å². The second kappa shape index (κ2) is 14.0. The number of carbonyl (C=O) groups is 3. The third kappa shape index (κ3) is 7.37. The highest BCUT2D eigenvalue weighted by molar-refractivity contribution is 5.94. The molecule has 0 radical (unpaired) electrons. The Bertz CT molecular complexity index is 1550. The molecule has 2 saturated heterocycles. The van der Waals surface area contributed by atoms with Crippen LogP contribution in [0.4, 0.5) is 18.0 Å². The van der Waals surface area contributed by atoms with Gasteiger partial charge in [-0.25, -0.2) is 28.0 Å². The van der Waals surface area contributed by atoms with Crippen molar-refractivity contribution < 1.29 is 32.7 Å². The number of rotatable bonds is 10. The first-order valence-corrected chi connectivity index (χ1v) is 14.9. The number of nitrogens with one attached hydrogen (secondary N) is 1. The molecule has 0 saturated carbocycles. The Morgan fingerprint density at radius 1 is 0.978 bits per heavy atom. The average Bonchev–Trinajstić information content (AvgIpc) is 3.01. The van der Waals surface area contributed by atoms with Crippen LogP contribution in [-0.2, 0) is 29.0 Å². The molecular weight excluding hydrogens is 585 g/mol. The molecule has 2 heterocycles. The van der Waals surface area contributed by atoms with Gasteiger partial charge in [-0.05, 0) is 72.7 Å². The Labute approximate surface area is 259 Å². The Morgan fingerprint density at radius 3 is 2.36 bits per heavy atom. The first-order valence-electron chi connectivity index (χ1n) is 14.9. The van der Waals surface area contributed by atoms with E-state index in [4.69, 9.17) is 0 Å². The largest absolute Gasteiger partial charge is 0.508 e. The molecule has 0 spiro atoms. The van der Waals surface area contributed by atoms with Crippen LogP contribution in [0.1, 0.15) is 36.0 Å². The molecule has 0 aromatic heterocycles. The van der Waals surface area contributed by atoms with Gasteiger partial charge in [0, 0.05) is 31.5 Å². The number of hydrazine groups is 1. The number of carbonyl (C=O) groups excluding carboxylic acids is 3. The van der Waals surface area contributed by atoms with Crippen molar-refractivity contribution in [1.82, 2.24) is 20.2 Å². The van der Waals surface area contributed by atoms with Gasteiger partial charge in [0.05, 0.1) is 12.6 Å². The van der Waals surface area contributed by atoms with Gasteiger partial charge in [0.1, 0.15) is 29.4 Å². The van der Waals surface area contributed by atoms with Crippen LogP contribution in [0, 0.1) is 23.4 Å². The molecule has 0 bridgehead atoms. The lowest BCUT2D eigenvalue weighted by Gasteiger charge is -2.54. The van der Waals surface area contributed by atoms with E-state index in [1.807, 2.05) is 0 Å². The minimum Gasteiger partial charge on any atom is -0.508 e. The molecule has 0 aliphatic carbocycles. The number of Topliss-reactive ketones (excluding diaryl/α,β-unsaturated/α-hetero) is 1. The minimum atomic E-state index is -0.883. The number of halogens is 3. The summed E-state index contributed by atoms with van der Waals surface area (Å²) in [5.41, 5.74) is 1.75. The molecule has 3 aromatic rings. The zero-order chi connectivity index (χ0) is 32.1. The second-order valence-corrected chi connectivity index (χ2v) is 11.4. The Morgan fingerprint density at radius 2 is 1.67 bits per heavy atom. The summed E-state index contributed by atoms with van der Waals surface area (Å²) >= 11 is 0. The number of nitrogens with zero attached hydrogens (tertiary/aromatic N) is 3. The van der Waals surface area contributed by atoms with Crippen molar-refractivity contribution in [2.24, 2.45) is 5.92 Å². The highest BCUT2D eigenvalue weighted by Crippen LogP contribution is 2.35. The van der Waals surface area contributed by atoms with Crippen LogP contribution in [0.3, 0.4) is 0 Å². The molecule has 3 aromatic carbocycles.